The highest BCUT2D eigenvalue weighted by molar-refractivity contribution is 4.79. The zero-order valence-electron chi connectivity index (χ0n) is 3.69. The molecule has 0 aromatic rings. The summed E-state index contributed by atoms with van der Waals surface area (Å²) < 4.78 is 22.9. The van der Waals surface area contributed by atoms with Crippen molar-refractivity contribution in [1.82, 2.24) is 0 Å². The number of rotatable bonds is 1. The number of alkyl halides is 2. The first-order valence-corrected chi connectivity index (χ1v) is 2.21. The van der Waals surface area contributed by atoms with E-state index in [2.05, 4.69) is 0 Å². The lowest BCUT2D eigenvalue weighted by molar-refractivity contribution is -0.214. The third-order valence-electron chi connectivity index (χ3n) is 1.07. The molecule has 1 nitrogen and oxygen atoms in total. The number of hydrogen-bond acceptors (Lipinski definition) is 1. The highest BCUT2D eigenvalue weighted by Crippen LogP contribution is 2.41. The van der Waals surface area contributed by atoms with Crippen molar-refractivity contribution in [3.8, 4) is 0 Å². The van der Waals surface area contributed by atoms with Gasteiger partial charge in [-0.25, -0.2) is 0 Å². The van der Waals surface area contributed by atoms with Gasteiger partial charge in [0.2, 0.25) is 0 Å². The first kappa shape index (κ1) is 4.97. The lowest BCUT2D eigenvalue weighted by Gasteiger charge is -2.03. The molecule has 0 unspecified atom stereocenters. The van der Waals surface area contributed by atoms with Crippen LogP contribution in [0.25, 0.3) is 0 Å². The fourth-order valence-electron chi connectivity index (χ4n) is 0.431. The standard InChI is InChI=1S/C4H6F2O/c5-4(6,7)3-1-2-3/h3,7H,1-2H2. The summed E-state index contributed by atoms with van der Waals surface area (Å²) in [5, 5.41) is 7.82. The maximum Gasteiger partial charge on any atom is 0.356 e. The average Bonchev–Trinajstić information content (AvgIpc) is 1.99. The predicted octanol–water partition coefficient (Wildman–Crippen LogP) is 0.982. The van der Waals surface area contributed by atoms with Crippen molar-refractivity contribution in [2.45, 2.75) is 19.0 Å². The van der Waals surface area contributed by atoms with Gasteiger partial charge in [0.25, 0.3) is 0 Å². The molecule has 0 saturated heterocycles. The minimum absolute atomic E-state index is 0.476. The largest absolute Gasteiger partial charge is 0.356 e. The molecule has 1 saturated carbocycles. The van der Waals surface area contributed by atoms with Crippen LogP contribution in [0.4, 0.5) is 8.78 Å². The number of halogens is 2. The topological polar surface area (TPSA) is 20.2 Å². The second-order valence-corrected chi connectivity index (χ2v) is 1.86. The molecule has 0 spiro atoms. The van der Waals surface area contributed by atoms with E-state index in [0.29, 0.717) is 12.8 Å². The minimum Gasteiger partial charge on any atom is -0.336 e. The van der Waals surface area contributed by atoms with Gasteiger partial charge in [-0.1, -0.05) is 0 Å². The number of aliphatic hydroxyl groups is 1. The molecule has 0 radical (unpaired) electrons. The Morgan fingerprint density at radius 2 is 1.86 bits per heavy atom. The van der Waals surface area contributed by atoms with Crippen LogP contribution in [-0.4, -0.2) is 11.2 Å². The van der Waals surface area contributed by atoms with Gasteiger partial charge in [-0.3, -0.25) is 0 Å². The Bertz CT molecular complexity index is 72.2. The zero-order chi connectivity index (χ0) is 5.49. The summed E-state index contributed by atoms with van der Waals surface area (Å²) in [6.07, 6.45) is -2.44. The lowest BCUT2D eigenvalue weighted by Crippen LogP contribution is -2.16. The van der Waals surface area contributed by atoms with Crippen LogP contribution in [0.3, 0.4) is 0 Å². The molecular formula is C4H6F2O. The lowest BCUT2D eigenvalue weighted by atomic mass is 10.4. The van der Waals surface area contributed by atoms with Crippen LogP contribution in [0.2, 0.25) is 0 Å². The Labute approximate surface area is 40.0 Å². The molecule has 1 aliphatic carbocycles. The van der Waals surface area contributed by atoms with Crippen molar-refractivity contribution >= 4 is 0 Å². The molecule has 0 heterocycles. The van der Waals surface area contributed by atoms with Crippen LogP contribution in [0.5, 0.6) is 0 Å². The molecule has 0 atom stereocenters. The van der Waals surface area contributed by atoms with Gasteiger partial charge in [0.15, 0.2) is 0 Å². The molecule has 0 amide bonds. The van der Waals surface area contributed by atoms with Crippen LogP contribution in [-0.2, 0) is 0 Å². The molecular weight excluding hydrogens is 102 g/mol. The van der Waals surface area contributed by atoms with E-state index in [1.807, 2.05) is 0 Å². The van der Waals surface area contributed by atoms with Crippen molar-refractivity contribution in [2.24, 2.45) is 5.92 Å². The molecule has 0 bridgehead atoms. The van der Waals surface area contributed by atoms with E-state index in [-0.39, 0.29) is 0 Å². The first-order valence-electron chi connectivity index (χ1n) is 2.21. The highest BCUT2D eigenvalue weighted by atomic mass is 19.3. The molecule has 3 heteroatoms. The quantitative estimate of drug-likeness (QED) is 0.530. The summed E-state index contributed by atoms with van der Waals surface area (Å²) >= 11 is 0. The summed E-state index contributed by atoms with van der Waals surface area (Å²) in [7, 11) is 0. The van der Waals surface area contributed by atoms with Gasteiger partial charge < -0.3 is 5.11 Å². The van der Waals surface area contributed by atoms with Gasteiger partial charge in [-0.05, 0) is 12.8 Å². The molecule has 1 N–H and O–H groups in total. The third kappa shape index (κ3) is 1.09. The molecule has 0 aromatic carbocycles. The van der Waals surface area contributed by atoms with Gasteiger partial charge in [-0.2, -0.15) is 8.78 Å². The molecule has 0 aliphatic heterocycles. The van der Waals surface area contributed by atoms with Crippen LogP contribution in [0, 0.1) is 5.92 Å². The fraction of sp³-hybridized carbons (Fsp3) is 1.00. The highest BCUT2D eigenvalue weighted by Gasteiger charge is 2.44. The van der Waals surface area contributed by atoms with Gasteiger partial charge in [0.1, 0.15) is 0 Å². The summed E-state index contributed by atoms with van der Waals surface area (Å²) in [4.78, 5) is 0. The normalized spacial score (nSPS) is 22.7. The third-order valence-corrected chi connectivity index (χ3v) is 1.07. The van der Waals surface area contributed by atoms with Gasteiger partial charge in [0, 0.05) is 0 Å². The molecule has 7 heavy (non-hydrogen) atoms. The number of hydrogen-bond donors (Lipinski definition) is 1. The Balaban J connectivity index is 2.36. The van der Waals surface area contributed by atoms with Crippen molar-refractivity contribution < 1.29 is 13.9 Å². The second-order valence-electron chi connectivity index (χ2n) is 1.86. The molecule has 1 aliphatic rings. The van der Waals surface area contributed by atoms with Crippen molar-refractivity contribution in [2.75, 3.05) is 0 Å². The SMILES string of the molecule is OC(F)(F)C1CC1. The van der Waals surface area contributed by atoms with Crippen molar-refractivity contribution in [3.05, 3.63) is 0 Å². The fourth-order valence-corrected chi connectivity index (χ4v) is 0.431. The van der Waals surface area contributed by atoms with Gasteiger partial charge in [-0.15, -0.1) is 0 Å². The summed E-state index contributed by atoms with van der Waals surface area (Å²) in [5.74, 6) is -0.729. The predicted molar refractivity (Wildman–Crippen MR) is 19.9 cm³/mol. The summed E-state index contributed by atoms with van der Waals surface area (Å²) in [6.45, 7) is 0. The zero-order valence-corrected chi connectivity index (χ0v) is 3.69. The van der Waals surface area contributed by atoms with Crippen LogP contribution in [0.15, 0.2) is 0 Å². The van der Waals surface area contributed by atoms with E-state index < -0.39 is 12.0 Å². The Morgan fingerprint density at radius 1 is 1.43 bits per heavy atom. The van der Waals surface area contributed by atoms with Gasteiger partial charge in [0.05, 0.1) is 5.92 Å². The molecule has 0 aromatic heterocycles. The summed E-state index contributed by atoms with van der Waals surface area (Å²) in [5.41, 5.74) is 0. The van der Waals surface area contributed by atoms with E-state index >= 15 is 0 Å². The first-order chi connectivity index (χ1) is 3.11. The Hall–Kier alpha value is -0.180. The van der Waals surface area contributed by atoms with Crippen LogP contribution in [0.1, 0.15) is 12.8 Å². The minimum atomic E-state index is -3.39. The van der Waals surface area contributed by atoms with E-state index in [4.69, 9.17) is 5.11 Å². The van der Waals surface area contributed by atoms with E-state index in [9.17, 15) is 8.78 Å². The molecule has 1 rings (SSSR count). The van der Waals surface area contributed by atoms with Crippen LogP contribution >= 0.6 is 0 Å². The second kappa shape index (κ2) is 1.15. The Kier molecular flexibility index (Phi) is 0.819. The average molecular weight is 108 g/mol. The maximum atomic E-state index is 11.5. The summed E-state index contributed by atoms with van der Waals surface area (Å²) in [6, 6.07) is 0. The van der Waals surface area contributed by atoms with Crippen molar-refractivity contribution in [3.63, 3.8) is 0 Å². The molecule has 42 valence electrons. The van der Waals surface area contributed by atoms with Crippen molar-refractivity contribution in [1.29, 1.82) is 0 Å². The van der Waals surface area contributed by atoms with Gasteiger partial charge >= 0.3 is 6.11 Å². The van der Waals surface area contributed by atoms with Crippen LogP contribution < -0.4 is 0 Å². The molecule has 1 fully saturated rings. The van der Waals surface area contributed by atoms with E-state index in [1.165, 1.54) is 0 Å². The van der Waals surface area contributed by atoms with E-state index in [1.54, 1.807) is 0 Å². The van der Waals surface area contributed by atoms with E-state index in [0.717, 1.165) is 0 Å². The smallest absolute Gasteiger partial charge is 0.336 e. The maximum absolute atomic E-state index is 11.5. The Morgan fingerprint density at radius 3 is 1.86 bits per heavy atom. The monoisotopic (exact) mass is 108 g/mol.